The Morgan fingerprint density at radius 1 is 1.06 bits per heavy atom. The van der Waals surface area contributed by atoms with Crippen molar-refractivity contribution in [3.8, 4) is 11.3 Å². The van der Waals surface area contributed by atoms with E-state index < -0.39 is 0 Å². The zero-order chi connectivity index (χ0) is 22.6. The van der Waals surface area contributed by atoms with Gasteiger partial charge >= 0.3 is 0 Å². The standard InChI is InChI=1S/C28H28N4O/c1-2-3-9-27-30-18-26(32-27)19-10-12-21(13-11-19)31-28(20-7-5-4-6-8-20)24-17-29-25-15-14-22(33)16-23(24)25/h4-8,10-15,18,29,31H,2-3,9,16-17H2,1H3,(H,30,32). The van der Waals surface area contributed by atoms with Crippen molar-refractivity contribution in [2.24, 2.45) is 0 Å². The molecule has 5 nitrogen and oxygen atoms in total. The van der Waals surface area contributed by atoms with Gasteiger partial charge in [-0.2, -0.15) is 0 Å². The van der Waals surface area contributed by atoms with Crippen LogP contribution in [0.3, 0.4) is 0 Å². The highest BCUT2D eigenvalue weighted by atomic mass is 16.1. The SMILES string of the molecule is CCCCc1ncc(-c2ccc(NC(=C3CNC4=C3CC(=O)C=C4)c3ccccc3)cc2)[nH]1. The molecule has 5 heteroatoms. The molecule has 5 rings (SSSR count). The van der Waals surface area contributed by atoms with E-state index in [0.717, 1.165) is 70.1 Å². The average molecular weight is 437 g/mol. The third kappa shape index (κ3) is 4.53. The van der Waals surface area contributed by atoms with Crippen LogP contribution < -0.4 is 10.6 Å². The van der Waals surface area contributed by atoms with Crippen molar-refractivity contribution in [1.29, 1.82) is 0 Å². The van der Waals surface area contributed by atoms with Gasteiger partial charge < -0.3 is 15.6 Å². The minimum absolute atomic E-state index is 0.143. The number of H-pyrrole nitrogens is 1. The predicted molar refractivity (Wildman–Crippen MR) is 133 cm³/mol. The number of hydrogen-bond acceptors (Lipinski definition) is 4. The maximum Gasteiger partial charge on any atom is 0.160 e. The Balaban J connectivity index is 1.44. The van der Waals surface area contributed by atoms with Crippen molar-refractivity contribution in [2.45, 2.75) is 32.6 Å². The van der Waals surface area contributed by atoms with Crippen LogP contribution in [0.4, 0.5) is 5.69 Å². The van der Waals surface area contributed by atoms with Gasteiger partial charge in [0.25, 0.3) is 0 Å². The molecule has 0 radical (unpaired) electrons. The van der Waals surface area contributed by atoms with E-state index >= 15 is 0 Å². The van der Waals surface area contributed by atoms with Gasteiger partial charge in [-0.15, -0.1) is 0 Å². The van der Waals surface area contributed by atoms with E-state index in [9.17, 15) is 4.79 Å². The fourth-order valence-electron chi connectivity index (χ4n) is 4.35. The van der Waals surface area contributed by atoms with Crippen LogP contribution in [-0.2, 0) is 11.2 Å². The Morgan fingerprint density at radius 3 is 2.67 bits per heavy atom. The summed E-state index contributed by atoms with van der Waals surface area (Å²) in [7, 11) is 0. The molecular formula is C28H28N4O. The summed E-state index contributed by atoms with van der Waals surface area (Å²) in [4.78, 5) is 20.1. The normalized spacial score (nSPS) is 16.6. The maximum atomic E-state index is 12.1. The van der Waals surface area contributed by atoms with Crippen LogP contribution in [0.2, 0.25) is 0 Å². The second-order valence-electron chi connectivity index (χ2n) is 8.49. The molecule has 1 aliphatic heterocycles. The van der Waals surface area contributed by atoms with Gasteiger partial charge in [-0.3, -0.25) is 4.79 Å². The summed E-state index contributed by atoms with van der Waals surface area (Å²) in [5, 5.41) is 7.09. The van der Waals surface area contributed by atoms with Crippen LogP contribution in [0, 0.1) is 0 Å². The zero-order valence-corrected chi connectivity index (χ0v) is 18.8. The number of aromatic amines is 1. The molecule has 3 aromatic rings. The van der Waals surface area contributed by atoms with Gasteiger partial charge in [0.1, 0.15) is 5.82 Å². The molecule has 0 fully saturated rings. The van der Waals surface area contributed by atoms with E-state index in [-0.39, 0.29) is 5.78 Å². The first-order chi connectivity index (χ1) is 16.2. The average Bonchev–Trinajstić information content (AvgIpc) is 3.49. The smallest absolute Gasteiger partial charge is 0.160 e. The van der Waals surface area contributed by atoms with Crippen molar-refractivity contribution in [3.05, 3.63) is 101 Å². The molecule has 2 aromatic carbocycles. The molecule has 2 heterocycles. The Bertz CT molecular complexity index is 1250. The number of aromatic nitrogens is 2. The summed E-state index contributed by atoms with van der Waals surface area (Å²) in [6.45, 7) is 2.89. The van der Waals surface area contributed by atoms with Crippen LogP contribution in [0.1, 0.15) is 37.6 Å². The lowest BCUT2D eigenvalue weighted by Gasteiger charge is -2.17. The summed E-state index contributed by atoms with van der Waals surface area (Å²) in [5.74, 6) is 1.18. The maximum absolute atomic E-state index is 12.1. The number of carbonyl (C=O) groups is 1. The van der Waals surface area contributed by atoms with Crippen molar-refractivity contribution < 1.29 is 4.79 Å². The number of allylic oxidation sites excluding steroid dienone is 2. The van der Waals surface area contributed by atoms with Gasteiger partial charge in [0.15, 0.2) is 5.78 Å². The van der Waals surface area contributed by atoms with Gasteiger partial charge in [-0.05, 0) is 47.4 Å². The van der Waals surface area contributed by atoms with Gasteiger partial charge in [-0.25, -0.2) is 4.98 Å². The number of imidazole rings is 1. The summed E-state index contributed by atoms with van der Waals surface area (Å²) in [5.41, 5.74) is 8.57. The number of nitrogens with one attached hydrogen (secondary N) is 3. The van der Waals surface area contributed by atoms with Crippen LogP contribution in [0.15, 0.2) is 89.8 Å². The molecule has 3 N–H and O–H groups in total. The Labute approximate surface area is 194 Å². The largest absolute Gasteiger partial charge is 0.381 e. The molecule has 0 atom stereocenters. The first-order valence-electron chi connectivity index (χ1n) is 11.6. The van der Waals surface area contributed by atoms with Crippen LogP contribution in [0.25, 0.3) is 17.0 Å². The first kappa shape index (κ1) is 21.0. The van der Waals surface area contributed by atoms with E-state index in [0.29, 0.717) is 13.0 Å². The second kappa shape index (κ2) is 9.33. The molecule has 0 spiro atoms. The fraction of sp³-hybridized carbons (Fsp3) is 0.214. The van der Waals surface area contributed by atoms with Crippen molar-refractivity contribution in [1.82, 2.24) is 15.3 Å². The van der Waals surface area contributed by atoms with Crippen molar-refractivity contribution in [2.75, 3.05) is 11.9 Å². The topological polar surface area (TPSA) is 69.8 Å². The molecule has 33 heavy (non-hydrogen) atoms. The minimum atomic E-state index is 0.143. The highest BCUT2D eigenvalue weighted by molar-refractivity contribution is 5.96. The third-order valence-corrected chi connectivity index (χ3v) is 6.16. The molecular weight excluding hydrogens is 408 g/mol. The van der Waals surface area contributed by atoms with Crippen LogP contribution in [0.5, 0.6) is 0 Å². The summed E-state index contributed by atoms with van der Waals surface area (Å²) in [6.07, 6.45) is 9.18. The van der Waals surface area contributed by atoms with Crippen LogP contribution >= 0.6 is 0 Å². The van der Waals surface area contributed by atoms with E-state index in [4.69, 9.17) is 0 Å². The molecule has 0 amide bonds. The second-order valence-corrected chi connectivity index (χ2v) is 8.49. The molecule has 0 unspecified atom stereocenters. The van der Waals surface area contributed by atoms with Crippen molar-refractivity contribution in [3.63, 3.8) is 0 Å². The van der Waals surface area contributed by atoms with E-state index in [2.05, 4.69) is 63.9 Å². The summed E-state index contributed by atoms with van der Waals surface area (Å²) in [6, 6.07) is 18.7. The number of carbonyl (C=O) groups excluding carboxylic acids is 1. The number of hydrogen-bond donors (Lipinski definition) is 3. The number of ketones is 1. The van der Waals surface area contributed by atoms with Crippen molar-refractivity contribution >= 4 is 17.2 Å². The lowest BCUT2D eigenvalue weighted by atomic mass is 9.94. The summed E-state index contributed by atoms with van der Waals surface area (Å²) >= 11 is 0. The van der Waals surface area contributed by atoms with Gasteiger partial charge in [0, 0.05) is 36.3 Å². The Morgan fingerprint density at radius 2 is 1.88 bits per heavy atom. The Kier molecular flexibility index (Phi) is 5.94. The van der Waals surface area contributed by atoms with Crippen LogP contribution in [-0.4, -0.2) is 22.3 Å². The van der Waals surface area contributed by atoms with E-state index in [1.165, 1.54) is 0 Å². The molecule has 166 valence electrons. The molecule has 0 saturated heterocycles. The lowest BCUT2D eigenvalue weighted by Crippen LogP contribution is -2.10. The molecule has 0 saturated carbocycles. The number of anilines is 1. The Hall–Kier alpha value is -3.86. The highest BCUT2D eigenvalue weighted by Gasteiger charge is 2.26. The fourth-order valence-corrected chi connectivity index (χ4v) is 4.35. The van der Waals surface area contributed by atoms with Gasteiger partial charge in [0.2, 0.25) is 0 Å². The molecule has 0 bridgehead atoms. The molecule has 1 aliphatic carbocycles. The van der Waals surface area contributed by atoms with Gasteiger partial charge in [0.05, 0.1) is 17.6 Å². The first-order valence-corrected chi connectivity index (χ1v) is 11.6. The molecule has 2 aliphatic rings. The minimum Gasteiger partial charge on any atom is -0.381 e. The quantitative estimate of drug-likeness (QED) is 0.449. The van der Waals surface area contributed by atoms with E-state index in [1.807, 2.05) is 30.5 Å². The number of aryl methyl sites for hydroxylation is 1. The number of unbranched alkanes of at least 4 members (excludes halogenated alkanes) is 1. The summed E-state index contributed by atoms with van der Waals surface area (Å²) < 4.78 is 0. The zero-order valence-electron chi connectivity index (χ0n) is 18.8. The number of nitrogens with zero attached hydrogens (tertiary/aromatic N) is 1. The lowest BCUT2D eigenvalue weighted by molar-refractivity contribution is -0.114. The number of rotatable bonds is 7. The monoisotopic (exact) mass is 436 g/mol. The highest BCUT2D eigenvalue weighted by Crippen LogP contribution is 2.34. The number of benzene rings is 2. The van der Waals surface area contributed by atoms with Gasteiger partial charge in [-0.1, -0.05) is 55.8 Å². The van der Waals surface area contributed by atoms with E-state index in [1.54, 1.807) is 6.08 Å². The molecule has 1 aromatic heterocycles. The third-order valence-electron chi connectivity index (χ3n) is 6.16. The predicted octanol–water partition coefficient (Wildman–Crippen LogP) is 5.63.